The van der Waals surface area contributed by atoms with E-state index in [0.717, 1.165) is 26.1 Å². The minimum atomic E-state index is -0.0231. The molecule has 0 aliphatic rings. The second kappa shape index (κ2) is 8.87. The minimum Gasteiger partial charge on any atom is -0.397 e. The average Bonchev–Trinajstić information content (AvgIpc) is 2.39. The van der Waals surface area contributed by atoms with E-state index in [1.165, 1.54) is 0 Å². The molecule has 0 fully saturated rings. The van der Waals surface area contributed by atoms with Crippen molar-refractivity contribution in [2.75, 3.05) is 51.8 Å². The molecular formula is C15H25ClN4O. The van der Waals surface area contributed by atoms with Crippen LogP contribution in [-0.2, 0) is 4.79 Å². The maximum Gasteiger partial charge on any atom is 0.224 e. The van der Waals surface area contributed by atoms with E-state index in [-0.39, 0.29) is 5.91 Å². The van der Waals surface area contributed by atoms with Gasteiger partial charge in [0.2, 0.25) is 5.91 Å². The minimum absolute atomic E-state index is 0.0231. The van der Waals surface area contributed by atoms with Crippen molar-refractivity contribution in [2.45, 2.75) is 12.8 Å². The summed E-state index contributed by atoms with van der Waals surface area (Å²) < 4.78 is 0. The second-order valence-electron chi connectivity index (χ2n) is 5.49. The van der Waals surface area contributed by atoms with Gasteiger partial charge in [0, 0.05) is 24.5 Å². The normalized spacial score (nSPS) is 11.1. The maximum absolute atomic E-state index is 11.9. The van der Waals surface area contributed by atoms with E-state index in [1.54, 1.807) is 18.2 Å². The largest absolute Gasteiger partial charge is 0.397 e. The van der Waals surface area contributed by atoms with E-state index in [4.69, 9.17) is 17.3 Å². The van der Waals surface area contributed by atoms with Gasteiger partial charge < -0.3 is 20.9 Å². The molecular weight excluding hydrogens is 288 g/mol. The Balaban J connectivity index is 2.28. The first kappa shape index (κ1) is 17.8. The molecule has 0 bridgehead atoms. The molecule has 0 radical (unpaired) electrons. The van der Waals surface area contributed by atoms with Crippen molar-refractivity contribution in [3.63, 3.8) is 0 Å². The summed E-state index contributed by atoms with van der Waals surface area (Å²) in [6, 6.07) is 5.06. The topological polar surface area (TPSA) is 61.6 Å². The van der Waals surface area contributed by atoms with Gasteiger partial charge in [0.25, 0.3) is 0 Å². The van der Waals surface area contributed by atoms with Gasteiger partial charge in [-0.2, -0.15) is 0 Å². The summed E-state index contributed by atoms with van der Waals surface area (Å²) in [7, 11) is 6.17. The Morgan fingerprint density at radius 2 is 1.95 bits per heavy atom. The molecule has 0 aliphatic carbocycles. The van der Waals surface area contributed by atoms with Gasteiger partial charge in [0.05, 0.1) is 11.4 Å². The molecule has 0 heterocycles. The van der Waals surface area contributed by atoms with Gasteiger partial charge in [-0.3, -0.25) is 4.79 Å². The van der Waals surface area contributed by atoms with Crippen LogP contribution < -0.4 is 11.1 Å². The average molecular weight is 313 g/mol. The molecule has 1 rings (SSSR count). The SMILES string of the molecule is CN(C)CCN(C)CCCC(=O)Nc1ccc(Cl)cc1N. The highest BCUT2D eigenvalue weighted by Crippen LogP contribution is 2.22. The zero-order valence-electron chi connectivity index (χ0n) is 13.0. The third-order valence-electron chi connectivity index (χ3n) is 3.16. The third-order valence-corrected chi connectivity index (χ3v) is 3.40. The molecule has 0 atom stereocenters. The molecule has 6 heteroatoms. The summed E-state index contributed by atoms with van der Waals surface area (Å²) >= 11 is 5.82. The Morgan fingerprint density at radius 3 is 2.57 bits per heavy atom. The number of rotatable bonds is 8. The standard InChI is InChI=1S/C15H25ClN4O/c1-19(2)9-10-20(3)8-4-5-15(21)18-14-7-6-12(16)11-13(14)17/h6-7,11H,4-5,8-10,17H2,1-3H3,(H,18,21). The van der Waals surface area contributed by atoms with Gasteiger partial charge in [-0.05, 0) is 52.3 Å². The van der Waals surface area contributed by atoms with Crippen LogP contribution >= 0.6 is 11.6 Å². The van der Waals surface area contributed by atoms with E-state index < -0.39 is 0 Å². The van der Waals surface area contributed by atoms with Gasteiger partial charge in [-0.15, -0.1) is 0 Å². The molecule has 0 spiro atoms. The van der Waals surface area contributed by atoms with Gasteiger partial charge in [0.15, 0.2) is 0 Å². The summed E-state index contributed by atoms with van der Waals surface area (Å²) in [4.78, 5) is 16.2. The Hall–Kier alpha value is -1.30. The summed E-state index contributed by atoms with van der Waals surface area (Å²) in [6.45, 7) is 2.92. The predicted molar refractivity (Wildman–Crippen MR) is 89.8 cm³/mol. The quantitative estimate of drug-likeness (QED) is 0.722. The number of nitrogens with one attached hydrogen (secondary N) is 1. The van der Waals surface area contributed by atoms with Crippen molar-refractivity contribution >= 4 is 28.9 Å². The second-order valence-corrected chi connectivity index (χ2v) is 5.93. The van der Waals surface area contributed by atoms with Crippen LogP contribution in [0.1, 0.15) is 12.8 Å². The van der Waals surface area contributed by atoms with E-state index in [9.17, 15) is 4.79 Å². The van der Waals surface area contributed by atoms with Gasteiger partial charge in [-0.25, -0.2) is 0 Å². The maximum atomic E-state index is 11.9. The number of carbonyl (C=O) groups excluding carboxylic acids is 1. The Morgan fingerprint density at radius 1 is 1.24 bits per heavy atom. The van der Waals surface area contributed by atoms with Crippen molar-refractivity contribution in [1.82, 2.24) is 9.80 Å². The van der Waals surface area contributed by atoms with Crippen molar-refractivity contribution in [3.8, 4) is 0 Å². The highest BCUT2D eigenvalue weighted by molar-refractivity contribution is 6.31. The zero-order valence-corrected chi connectivity index (χ0v) is 13.8. The Labute approximate surface area is 132 Å². The van der Waals surface area contributed by atoms with Crippen LogP contribution in [-0.4, -0.2) is 56.5 Å². The molecule has 0 aliphatic heterocycles. The van der Waals surface area contributed by atoms with E-state index in [1.807, 2.05) is 0 Å². The van der Waals surface area contributed by atoms with Gasteiger partial charge in [-0.1, -0.05) is 11.6 Å². The van der Waals surface area contributed by atoms with Crippen LogP contribution in [0.15, 0.2) is 18.2 Å². The van der Waals surface area contributed by atoms with Crippen molar-refractivity contribution < 1.29 is 4.79 Å². The van der Waals surface area contributed by atoms with E-state index in [2.05, 4.69) is 36.3 Å². The fraction of sp³-hybridized carbons (Fsp3) is 0.533. The molecule has 118 valence electrons. The van der Waals surface area contributed by atoms with Crippen molar-refractivity contribution in [2.24, 2.45) is 0 Å². The van der Waals surface area contributed by atoms with Crippen LogP contribution in [0.25, 0.3) is 0 Å². The molecule has 1 aromatic rings. The first-order valence-electron chi connectivity index (χ1n) is 7.06. The number of halogens is 1. The number of nitrogen functional groups attached to an aromatic ring is 1. The summed E-state index contributed by atoms with van der Waals surface area (Å²) in [5, 5.41) is 3.38. The van der Waals surface area contributed by atoms with Crippen molar-refractivity contribution in [1.29, 1.82) is 0 Å². The lowest BCUT2D eigenvalue weighted by molar-refractivity contribution is -0.116. The van der Waals surface area contributed by atoms with Crippen LogP contribution in [0.3, 0.4) is 0 Å². The first-order valence-corrected chi connectivity index (χ1v) is 7.44. The summed E-state index contributed by atoms with van der Waals surface area (Å²) in [5.41, 5.74) is 6.90. The Bertz CT molecular complexity index is 465. The van der Waals surface area contributed by atoms with Gasteiger partial charge >= 0.3 is 0 Å². The number of nitrogens with zero attached hydrogens (tertiary/aromatic N) is 2. The smallest absolute Gasteiger partial charge is 0.224 e. The van der Waals surface area contributed by atoms with Crippen LogP contribution in [0.5, 0.6) is 0 Å². The third kappa shape index (κ3) is 7.32. The lowest BCUT2D eigenvalue weighted by Gasteiger charge is -2.19. The molecule has 21 heavy (non-hydrogen) atoms. The van der Waals surface area contributed by atoms with Crippen molar-refractivity contribution in [3.05, 3.63) is 23.2 Å². The highest BCUT2D eigenvalue weighted by atomic mass is 35.5. The molecule has 1 amide bonds. The predicted octanol–water partition coefficient (Wildman–Crippen LogP) is 2.13. The molecule has 0 unspecified atom stereocenters. The Kier molecular flexibility index (Phi) is 7.50. The fourth-order valence-corrected chi connectivity index (χ4v) is 2.03. The van der Waals surface area contributed by atoms with E-state index >= 15 is 0 Å². The zero-order chi connectivity index (χ0) is 15.8. The fourth-order valence-electron chi connectivity index (χ4n) is 1.85. The number of likely N-dealkylation sites (N-methyl/N-ethyl adjacent to an activating group) is 2. The van der Waals surface area contributed by atoms with Crippen LogP contribution in [0.4, 0.5) is 11.4 Å². The summed E-state index contributed by atoms with van der Waals surface area (Å²) in [5.74, 6) is -0.0231. The number of hydrogen-bond acceptors (Lipinski definition) is 4. The molecule has 3 N–H and O–H groups in total. The number of benzene rings is 1. The van der Waals surface area contributed by atoms with E-state index in [0.29, 0.717) is 22.8 Å². The number of anilines is 2. The molecule has 0 saturated carbocycles. The van der Waals surface area contributed by atoms with Crippen LogP contribution in [0, 0.1) is 0 Å². The monoisotopic (exact) mass is 312 g/mol. The lowest BCUT2D eigenvalue weighted by Crippen LogP contribution is -2.29. The van der Waals surface area contributed by atoms with Gasteiger partial charge in [0.1, 0.15) is 0 Å². The number of amides is 1. The van der Waals surface area contributed by atoms with Crippen LogP contribution in [0.2, 0.25) is 5.02 Å². The first-order chi connectivity index (χ1) is 9.88. The number of carbonyl (C=O) groups is 1. The number of nitrogens with two attached hydrogens (primary N) is 1. The number of hydrogen-bond donors (Lipinski definition) is 2. The highest BCUT2D eigenvalue weighted by Gasteiger charge is 2.07. The summed E-state index contributed by atoms with van der Waals surface area (Å²) in [6.07, 6.45) is 1.30. The molecule has 0 aromatic heterocycles. The molecule has 1 aromatic carbocycles. The molecule has 5 nitrogen and oxygen atoms in total. The molecule has 0 saturated heterocycles. The lowest BCUT2D eigenvalue weighted by atomic mass is 10.2.